The van der Waals surface area contributed by atoms with E-state index in [4.69, 9.17) is 0 Å². The molecule has 6 heteroatoms. The van der Waals surface area contributed by atoms with Crippen LogP contribution in [0.1, 0.15) is 61.7 Å². The number of benzene rings is 1. The van der Waals surface area contributed by atoms with Gasteiger partial charge in [-0.2, -0.15) is 0 Å². The van der Waals surface area contributed by atoms with Crippen LogP contribution < -0.4 is 5.32 Å². The van der Waals surface area contributed by atoms with E-state index in [-0.39, 0.29) is 17.4 Å². The second-order valence-electron chi connectivity index (χ2n) is 10.4. The molecule has 4 saturated carbocycles. The first-order valence-electron chi connectivity index (χ1n) is 11.6. The number of amides is 2. The number of nitrogens with one attached hydrogen (secondary N) is 2. The summed E-state index contributed by atoms with van der Waals surface area (Å²) in [6.45, 7) is 1.54. The number of H-pyrrole nitrogens is 1. The fourth-order valence-electron chi connectivity index (χ4n) is 7.28. The van der Waals surface area contributed by atoms with Crippen molar-refractivity contribution in [3.05, 3.63) is 30.1 Å². The third-order valence-corrected chi connectivity index (χ3v) is 8.29. The quantitative estimate of drug-likeness (QED) is 0.819. The summed E-state index contributed by atoms with van der Waals surface area (Å²) in [5.41, 5.74) is 2.34. The fraction of sp³-hybridized carbons (Fsp3) is 0.625. The molecule has 158 valence electrons. The Balaban J connectivity index is 1.07. The van der Waals surface area contributed by atoms with Crippen molar-refractivity contribution >= 4 is 22.8 Å². The number of aromatic amines is 1. The van der Waals surface area contributed by atoms with Gasteiger partial charge >= 0.3 is 0 Å². The van der Waals surface area contributed by atoms with Crippen LogP contribution in [0.4, 0.5) is 0 Å². The Labute approximate surface area is 176 Å². The third kappa shape index (κ3) is 3.03. The van der Waals surface area contributed by atoms with Crippen LogP contribution in [0.15, 0.2) is 24.5 Å². The number of nitrogens with zero attached hydrogens (tertiary/aromatic N) is 2. The van der Waals surface area contributed by atoms with Gasteiger partial charge in [-0.1, -0.05) is 0 Å². The van der Waals surface area contributed by atoms with Gasteiger partial charge in [0.2, 0.25) is 5.91 Å². The van der Waals surface area contributed by atoms with Crippen molar-refractivity contribution in [3.8, 4) is 0 Å². The van der Waals surface area contributed by atoms with E-state index in [2.05, 4.69) is 20.2 Å². The predicted molar refractivity (Wildman–Crippen MR) is 114 cm³/mol. The second kappa shape index (κ2) is 6.82. The van der Waals surface area contributed by atoms with Crippen molar-refractivity contribution in [3.63, 3.8) is 0 Å². The van der Waals surface area contributed by atoms with E-state index in [9.17, 15) is 9.59 Å². The zero-order valence-corrected chi connectivity index (χ0v) is 17.4. The number of imidazole rings is 1. The molecule has 1 aliphatic heterocycles. The molecule has 7 rings (SSSR count). The van der Waals surface area contributed by atoms with Gasteiger partial charge in [0.1, 0.15) is 0 Å². The van der Waals surface area contributed by atoms with Crippen LogP contribution in [0.5, 0.6) is 0 Å². The molecule has 2 amide bonds. The summed E-state index contributed by atoms with van der Waals surface area (Å²) in [5, 5.41) is 3.18. The summed E-state index contributed by atoms with van der Waals surface area (Å²) in [5.74, 6) is 2.77. The van der Waals surface area contributed by atoms with Crippen LogP contribution in [0.25, 0.3) is 11.0 Å². The Bertz CT molecular complexity index is 953. The van der Waals surface area contributed by atoms with Crippen molar-refractivity contribution in [2.75, 3.05) is 13.1 Å². The first kappa shape index (κ1) is 18.4. The van der Waals surface area contributed by atoms with E-state index in [1.54, 1.807) is 6.33 Å². The number of carbonyl (C=O) groups excluding carboxylic acids is 2. The van der Waals surface area contributed by atoms with Gasteiger partial charge in [-0.3, -0.25) is 9.59 Å². The number of rotatable bonds is 3. The molecule has 5 fully saturated rings. The van der Waals surface area contributed by atoms with Gasteiger partial charge in [0.05, 0.1) is 22.8 Å². The Morgan fingerprint density at radius 2 is 1.70 bits per heavy atom. The van der Waals surface area contributed by atoms with Crippen LogP contribution in [0.3, 0.4) is 0 Å². The Hall–Kier alpha value is -2.37. The maximum atomic E-state index is 13.5. The van der Waals surface area contributed by atoms with Crippen LogP contribution in [0, 0.1) is 23.2 Å². The molecule has 5 aliphatic rings. The van der Waals surface area contributed by atoms with Gasteiger partial charge < -0.3 is 15.2 Å². The minimum absolute atomic E-state index is 0.0441. The van der Waals surface area contributed by atoms with E-state index < -0.39 is 0 Å². The average molecular weight is 407 g/mol. The molecule has 0 spiro atoms. The molecule has 4 bridgehead atoms. The van der Waals surface area contributed by atoms with Crippen molar-refractivity contribution in [1.82, 2.24) is 20.2 Å². The molecule has 4 aliphatic carbocycles. The normalized spacial score (nSPS) is 33.2. The topological polar surface area (TPSA) is 78.1 Å². The number of carbonyl (C=O) groups is 2. The highest BCUT2D eigenvalue weighted by molar-refractivity contribution is 5.97. The molecule has 6 nitrogen and oxygen atoms in total. The molecule has 2 N–H and O–H groups in total. The van der Waals surface area contributed by atoms with Crippen molar-refractivity contribution in [2.24, 2.45) is 23.2 Å². The molecule has 1 saturated heterocycles. The molecule has 2 aromatic rings. The van der Waals surface area contributed by atoms with E-state index >= 15 is 0 Å². The third-order valence-electron chi connectivity index (χ3n) is 8.29. The molecule has 0 unspecified atom stereocenters. The molecular formula is C24H30N4O2. The lowest BCUT2D eigenvalue weighted by Crippen LogP contribution is -2.56. The van der Waals surface area contributed by atoms with Gasteiger partial charge in [0.15, 0.2) is 0 Å². The summed E-state index contributed by atoms with van der Waals surface area (Å²) in [7, 11) is 0. The molecule has 2 heterocycles. The molecule has 1 aromatic carbocycles. The van der Waals surface area contributed by atoms with Gasteiger partial charge in [-0.15, -0.1) is 0 Å². The highest BCUT2D eigenvalue weighted by Crippen LogP contribution is 2.60. The predicted octanol–water partition coefficient (Wildman–Crippen LogP) is 3.50. The van der Waals surface area contributed by atoms with Crippen molar-refractivity contribution in [2.45, 2.75) is 57.4 Å². The first-order valence-corrected chi connectivity index (χ1v) is 11.6. The van der Waals surface area contributed by atoms with Gasteiger partial charge in [0, 0.05) is 24.7 Å². The van der Waals surface area contributed by atoms with Crippen LogP contribution >= 0.6 is 0 Å². The van der Waals surface area contributed by atoms with E-state index in [0.29, 0.717) is 11.5 Å². The summed E-state index contributed by atoms with van der Waals surface area (Å²) < 4.78 is 0. The fourth-order valence-corrected chi connectivity index (χ4v) is 7.28. The van der Waals surface area contributed by atoms with Crippen LogP contribution in [0.2, 0.25) is 0 Å². The SMILES string of the molecule is O=C(NC1CCN(C(=O)C23CC4CC(CC(C4)C2)C3)CC1)c1ccc2nc[nH]c2c1. The zero-order valence-electron chi connectivity index (χ0n) is 17.4. The van der Waals surface area contributed by atoms with Crippen molar-refractivity contribution in [1.29, 1.82) is 0 Å². The Morgan fingerprint density at radius 3 is 2.37 bits per heavy atom. The zero-order chi connectivity index (χ0) is 20.3. The van der Waals surface area contributed by atoms with E-state index in [0.717, 1.165) is 74.0 Å². The van der Waals surface area contributed by atoms with E-state index in [1.165, 1.54) is 19.3 Å². The smallest absolute Gasteiger partial charge is 0.251 e. The maximum Gasteiger partial charge on any atom is 0.251 e. The number of hydrogen-bond donors (Lipinski definition) is 2. The van der Waals surface area contributed by atoms with Gasteiger partial charge in [0.25, 0.3) is 5.91 Å². The summed E-state index contributed by atoms with van der Waals surface area (Å²) >= 11 is 0. The Morgan fingerprint density at radius 1 is 1.03 bits per heavy atom. The minimum atomic E-state index is -0.0513. The van der Waals surface area contributed by atoms with Crippen molar-refractivity contribution < 1.29 is 9.59 Å². The number of likely N-dealkylation sites (tertiary alicyclic amines) is 1. The minimum Gasteiger partial charge on any atom is -0.349 e. The van der Waals surface area contributed by atoms with Crippen LogP contribution in [-0.2, 0) is 4.79 Å². The van der Waals surface area contributed by atoms with Gasteiger partial charge in [-0.25, -0.2) is 4.98 Å². The second-order valence-corrected chi connectivity index (χ2v) is 10.4. The molecular weight excluding hydrogens is 376 g/mol. The summed E-state index contributed by atoms with van der Waals surface area (Å²) in [6.07, 6.45) is 10.8. The molecule has 0 atom stereocenters. The monoisotopic (exact) mass is 406 g/mol. The molecule has 30 heavy (non-hydrogen) atoms. The lowest BCUT2D eigenvalue weighted by molar-refractivity contribution is -0.158. The number of hydrogen-bond acceptors (Lipinski definition) is 3. The number of fused-ring (bicyclic) bond motifs is 1. The number of piperidine rings is 1. The summed E-state index contributed by atoms with van der Waals surface area (Å²) in [4.78, 5) is 35.6. The Kier molecular flexibility index (Phi) is 4.19. The van der Waals surface area contributed by atoms with E-state index in [1.807, 2.05) is 18.2 Å². The highest BCUT2D eigenvalue weighted by Gasteiger charge is 2.55. The molecule has 1 aromatic heterocycles. The maximum absolute atomic E-state index is 13.5. The first-order chi connectivity index (χ1) is 14.6. The average Bonchev–Trinajstić information content (AvgIpc) is 3.21. The standard InChI is InChI=1S/C24H30N4O2/c29-22(18-1-2-20-21(10-18)26-14-25-20)27-19-3-5-28(6-4-19)23(30)24-11-15-7-16(12-24)9-17(8-15)13-24/h1-2,10,14-17,19H,3-9,11-13H2,(H,25,26)(H,27,29). The van der Waals surface area contributed by atoms with Gasteiger partial charge in [-0.05, 0) is 87.3 Å². The number of aromatic nitrogens is 2. The summed E-state index contributed by atoms with van der Waals surface area (Å²) in [6, 6.07) is 5.68. The van der Waals surface area contributed by atoms with Crippen LogP contribution in [-0.4, -0.2) is 45.8 Å². The highest BCUT2D eigenvalue weighted by atomic mass is 16.2. The molecule has 0 radical (unpaired) electrons. The largest absolute Gasteiger partial charge is 0.349 e. The lowest BCUT2D eigenvalue weighted by atomic mass is 9.49. The lowest BCUT2D eigenvalue weighted by Gasteiger charge is -2.57.